The second-order valence-corrected chi connectivity index (χ2v) is 5.25. The number of anilines is 1. The Morgan fingerprint density at radius 2 is 2.15 bits per heavy atom. The van der Waals surface area contributed by atoms with Crippen LogP contribution in [0.3, 0.4) is 0 Å². The molecule has 2 aromatic rings. The number of fused-ring (bicyclic) bond motifs is 1. The highest BCUT2D eigenvalue weighted by Gasteiger charge is 2.20. The van der Waals surface area contributed by atoms with E-state index in [1.807, 2.05) is 12.1 Å². The average molecular weight is 271 g/mol. The van der Waals surface area contributed by atoms with Crippen LogP contribution in [0.1, 0.15) is 18.5 Å². The lowest BCUT2D eigenvalue weighted by atomic mass is 10.1. The molecule has 0 bridgehead atoms. The van der Waals surface area contributed by atoms with E-state index in [4.69, 9.17) is 9.72 Å². The molecule has 0 spiro atoms. The molecule has 1 aromatic heterocycles. The second kappa shape index (κ2) is 6.20. The van der Waals surface area contributed by atoms with Crippen LogP contribution in [0.25, 0.3) is 10.9 Å². The fourth-order valence-corrected chi connectivity index (χ4v) is 2.29. The van der Waals surface area contributed by atoms with Crippen LogP contribution in [0.2, 0.25) is 0 Å². The molecular weight excluding hydrogens is 250 g/mol. The molecule has 106 valence electrons. The number of para-hydroxylation sites is 1. The summed E-state index contributed by atoms with van der Waals surface area (Å²) in [5, 5.41) is 8.12. The van der Waals surface area contributed by atoms with Crippen LogP contribution in [-0.2, 0) is 11.3 Å². The summed E-state index contributed by atoms with van der Waals surface area (Å²) < 4.78 is 5.10. The van der Waals surface area contributed by atoms with E-state index in [1.165, 1.54) is 18.2 Å². The summed E-state index contributed by atoms with van der Waals surface area (Å²) in [6.45, 7) is 2.35. The first-order chi connectivity index (χ1) is 9.86. The van der Waals surface area contributed by atoms with Crippen LogP contribution in [-0.4, -0.2) is 31.3 Å². The standard InChI is InChI=1S/C16H21N3O/c1-20-9-8-17-16-10-13(11-18-12-6-7-12)19-15-5-3-2-4-14(15)16/h2-5,10,12,18H,6-9,11H2,1H3,(H,17,19). The summed E-state index contributed by atoms with van der Waals surface area (Å²) in [5.74, 6) is 0. The lowest BCUT2D eigenvalue weighted by Crippen LogP contribution is -2.17. The summed E-state index contributed by atoms with van der Waals surface area (Å²) >= 11 is 0. The minimum atomic E-state index is 0.701. The lowest BCUT2D eigenvalue weighted by molar-refractivity contribution is 0.211. The van der Waals surface area contributed by atoms with Crippen molar-refractivity contribution in [2.45, 2.75) is 25.4 Å². The van der Waals surface area contributed by atoms with E-state index in [9.17, 15) is 0 Å². The first-order valence-corrected chi connectivity index (χ1v) is 7.21. The van der Waals surface area contributed by atoms with Gasteiger partial charge in [0.25, 0.3) is 0 Å². The lowest BCUT2D eigenvalue weighted by Gasteiger charge is -2.12. The van der Waals surface area contributed by atoms with Crippen molar-refractivity contribution in [1.29, 1.82) is 0 Å². The minimum Gasteiger partial charge on any atom is -0.383 e. The van der Waals surface area contributed by atoms with Crippen molar-refractivity contribution in [3.05, 3.63) is 36.0 Å². The number of hydrogen-bond donors (Lipinski definition) is 2. The highest BCUT2D eigenvalue weighted by atomic mass is 16.5. The van der Waals surface area contributed by atoms with Crippen molar-refractivity contribution in [2.75, 3.05) is 25.6 Å². The number of nitrogens with zero attached hydrogens (tertiary/aromatic N) is 1. The molecule has 1 aliphatic rings. The summed E-state index contributed by atoms with van der Waals surface area (Å²) in [5.41, 5.74) is 3.28. The van der Waals surface area contributed by atoms with Crippen LogP contribution in [0, 0.1) is 0 Å². The monoisotopic (exact) mass is 271 g/mol. The molecule has 0 aliphatic heterocycles. The van der Waals surface area contributed by atoms with Gasteiger partial charge in [-0.15, -0.1) is 0 Å². The Labute approximate surface area is 119 Å². The Kier molecular flexibility index (Phi) is 4.14. The molecule has 4 heteroatoms. The molecule has 1 heterocycles. The molecule has 0 saturated heterocycles. The van der Waals surface area contributed by atoms with Crippen LogP contribution in [0.4, 0.5) is 5.69 Å². The fourth-order valence-electron chi connectivity index (χ4n) is 2.29. The molecule has 0 atom stereocenters. The van der Waals surface area contributed by atoms with Gasteiger partial charge in [-0.3, -0.25) is 4.98 Å². The Morgan fingerprint density at radius 3 is 2.95 bits per heavy atom. The zero-order valence-corrected chi connectivity index (χ0v) is 11.9. The Hall–Kier alpha value is -1.65. The van der Waals surface area contributed by atoms with Gasteiger partial charge >= 0.3 is 0 Å². The minimum absolute atomic E-state index is 0.701. The Balaban J connectivity index is 1.83. The van der Waals surface area contributed by atoms with Crippen molar-refractivity contribution in [3.8, 4) is 0 Å². The van der Waals surface area contributed by atoms with E-state index < -0.39 is 0 Å². The quantitative estimate of drug-likeness (QED) is 0.760. The van der Waals surface area contributed by atoms with Gasteiger partial charge in [0.15, 0.2) is 0 Å². The van der Waals surface area contributed by atoms with E-state index in [0.717, 1.165) is 30.0 Å². The van der Waals surface area contributed by atoms with Gasteiger partial charge in [-0.05, 0) is 25.0 Å². The predicted molar refractivity (Wildman–Crippen MR) is 82.0 cm³/mol. The van der Waals surface area contributed by atoms with Gasteiger partial charge in [0.1, 0.15) is 0 Å². The van der Waals surface area contributed by atoms with Gasteiger partial charge in [-0.1, -0.05) is 18.2 Å². The predicted octanol–water partition coefficient (Wildman–Crippen LogP) is 2.55. The molecule has 0 unspecified atom stereocenters. The number of ether oxygens (including phenoxy) is 1. The number of nitrogens with one attached hydrogen (secondary N) is 2. The molecule has 4 nitrogen and oxygen atoms in total. The van der Waals surface area contributed by atoms with Gasteiger partial charge in [0, 0.05) is 37.3 Å². The van der Waals surface area contributed by atoms with E-state index in [1.54, 1.807) is 7.11 Å². The maximum atomic E-state index is 5.10. The molecule has 2 N–H and O–H groups in total. The third kappa shape index (κ3) is 3.26. The highest BCUT2D eigenvalue weighted by Crippen LogP contribution is 2.24. The molecule has 3 rings (SSSR count). The van der Waals surface area contributed by atoms with Crippen molar-refractivity contribution >= 4 is 16.6 Å². The van der Waals surface area contributed by atoms with Crippen LogP contribution in [0.15, 0.2) is 30.3 Å². The third-order valence-corrected chi connectivity index (χ3v) is 3.54. The number of hydrogen-bond acceptors (Lipinski definition) is 4. The second-order valence-electron chi connectivity index (χ2n) is 5.25. The van der Waals surface area contributed by atoms with Crippen LogP contribution in [0.5, 0.6) is 0 Å². The van der Waals surface area contributed by atoms with Crippen LogP contribution >= 0.6 is 0 Å². The number of methoxy groups -OCH3 is 1. The van der Waals surface area contributed by atoms with Gasteiger partial charge in [0.05, 0.1) is 17.8 Å². The SMILES string of the molecule is COCCNc1cc(CNC2CC2)nc2ccccc12. The number of aromatic nitrogens is 1. The molecule has 20 heavy (non-hydrogen) atoms. The summed E-state index contributed by atoms with van der Waals surface area (Å²) in [6.07, 6.45) is 2.60. The molecule has 0 amide bonds. The van der Waals surface area contributed by atoms with Crippen molar-refractivity contribution in [3.63, 3.8) is 0 Å². The molecule has 1 saturated carbocycles. The third-order valence-electron chi connectivity index (χ3n) is 3.54. The Bertz CT molecular complexity index is 581. The largest absolute Gasteiger partial charge is 0.383 e. The first kappa shape index (κ1) is 13.3. The first-order valence-electron chi connectivity index (χ1n) is 7.21. The topological polar surface area (TPSA) is 46.2 Å². The summed E-state index contributed by atoms with van der Waals surface area (Å²) in [4.78, 5) is 4.73. The molecule has 1 fully saturated rings. The number of pyridine rings is 1. The van der Waals surface area contributed by atoms with E-state index >= 15 is 0 Å². The van der Waals surface area contributed by atoms with Gasteiger partial charge in [-0.25, -0.2) is 0 Å². The zero-order valence-electron chi connectivity index (χ0n) is 11.9. The Morgan fingerprint density at radius 1 is 1.30 bits per heavy atom. The normalized spacial score (nSPS) is 14.7. The number of benzene rings is 1. The average Bonchev–Trinajstić information content (AvgIpc) is 3.29. The zero-order chi connectivity index (χ0) is 13.8. The maximum absolute atomic E-state index is 5.10. The van der Waals surface area contributed by atoms with Crippen molar-refractivity contribution in [2.24, 2.45) is 0 Å². The molecular formula is C16H21N3O. The number of rotatable bonds is 7. The summed E-state index contributed by atoms with van der Waals surface area (Å²) in [7, 11) is 1.72. The van der Waals surface area contributed by atoms with Gasteiger partial charge in [0.2, 0.25) is 0 Å². The molecule has 1 aromatic carbocycles. The maximum Gasteiger partial charge on any atom is 0.0726 e. The summed E-state index contributed by atoms with van der Waals surface area (Å²) in [6, 6.07) is 11.1. The van der Waals surface area contributed by atoms with E-state index in [-0.39, 0.29) is 0 Å². The van der Waals surface area contributed by atoms with E-state index in [0.29, 0.717) is 12.6 Å². The van der Waals surface area contributed by atoms with E-state index in [2.05, 4.69) is 28.8 Å². The molecule has 1 aliphatic carbocycles. The van der Waals surface area contributed by atoms with Gasteiger partial charge in [-0.2, -0.15) is 0 Å². The smallest absolute Gasteiger partial charge is 0.0726 e. The van der Waals surface area contributed by atoms with Crippen molar-refractivity contribution < 1.29 is 4.74 Å². The van der Waals surface area contributed by atoms with Gasteiger partial charge < -0.3 is 15.4 Å². The van der Waals surface area contributed by atoms with Crippen LogP contribution < -0.4 is 10.6 Å². The fraction of sp³-hybridized carbons (Fsp3) is 0.438. The highest BCUT2D eigenvalue weighted by molar-refractivity contribution is 5.91. The van der Waals surface area contributed by atoms with Crippen molar-refractivity contribution in [1.82, 2.24) is 10.3 Å². The molecule has 0 radical (unpaired) electrons.